The standard InChI is InChI=1S/C18H24N2O/c1-4-12-19-14(3)16-10-11-18(20-13-16)21-17-9-7-6-8-15(17)5-2/h6-11,13-14,19H,4-5,12H2,1-3H3. The number of para-hydroxylation sites is 1. The number of benzene rings is 1. The molecular weight excluding hydrogens is 260 g/mol. The Hall–Kier alpha value is -1.87. The average molecular weight is 284 g/mol. The van der Waals surface area contributed by atoms with Gasteiger partial charge in [-0.2, -0.15) is 0 Å². The minimum atomic E-state index is 0.314. The van der Waals surface area contributed by atoms with Gasteiger partial charge in [0.2, 0.25) is 5.88 Å². The van der Waals surface area contributed by atoms with E-state index in [1.807, 2.05) is 30.5 Å². The van der Waals surface area contributed by atoms with Crippen molar-refractivity contribution in [2.45, 2.75) is 39.7 Å². The van der Waals surface area contributed by atoms with Crippen molar-refractivity contribution in [3.8, 4) is 11.6 Å². The van der Waals surface area contributed by atoms with Crippen LogP contribution in [0.5, 0.6) is 11.6 Å². The van der Waals surface area contributed by atoms with E-state index in [0.29, 0.717) is 11.9 Å². The molecule has 1 heterocycles. The fourth-order valence-electron chi connectivity index (χ4n) is 2.20. The van der Waals surface area contributed by atoms with Crippen LogP contribution >= 0.6 is 0 Å². The molecule has 2 aromatic rings. The Kier molecular flexibility index (Phi) is 5.76. The number of pyridine rings is 1. The predicted octanol–water partition coefficient (Wildman–Crippen LogP) is 4.50. The summed E-state index contributed by atoms with van der Waals surface area (Å²) in [4.78, 5) is 4.42. The lowest BCUT2D eigenvalue weighted by atomic mass is 10.1. The lowest BCUT2D eigenvalue weighted by Crippen LogP contribution is -2.19. The van der Waals surface area contributed by atoms with Gasteiger partial charge in [0, 0.05) is 18.3 Å². The maximum Gasteiger partial charge on any atom is 0.219 e. The molecule has 0 aliphatic heterocycles. The molecule has 0 fully saturated rings. The Morgan fingerprint density at radius 1 is 1.14 bits per heavy atom. The van der Waals surface area contributed by atoms with Gasteiger partial charge in [0.15, 0.2) is 0 Å². The molecule has 1 aromatic heterocycles. The zero-order valence-electron chi connectivity index (χ0n) is 13.1. The molecule has 3 nitrogen and oxygen atoms in total. The molecule has 2 rings (SSSR count). The first-order valence-electron chi connectivity index (χ1n) is 7.69. The van der Waals surface area contributed by atoms with E-state index in [2.05, 4.69) is 43.2 Å². The molecular formula is C18H24N2O. The Labute approximate surface area is 127 Å². The van der Waals surface area contributed by atoms with Crippen LogP contribution in [0, 0.1) is 0 Å². The molecule has 0 aliphatic carbocycles. The van der Waals surface area contributed by atoms with E-state index < -0.39 is 0 Å². The monoisotopic (exact) mass is 284 g/mol. The van der Waals surface area contributed by atoms with Crippen molar-refractivity contribution in [3.63, 3.8) is 0 Å². The van der Waals surface area contributed by atoms with Crippen molar-refractivity contribution in [2.24, 2.45) is 0 Å². The molecule has 1 atom stereocenters. The number of nitrogens with zero attached hydrogens (tertiary/aromatic N) is 1. The summed E-state index contributed by atoms with van der Waals surface area (Å²) in [7, 11) is 0. The number of aromatic nitrogens is 1. The highest BCUT2D eigenvalue weighted by Crippen LogP contribution is 2.24. The maximum atomic E-state index is 5.88. The van der Waals surface area contributed by atoms with E-state index in [0.717, 1.165) is 25.1 Å². The lowest BCUT2D eigenvalue weighted by Gasteiger charge is -2.14. The highest BCUT2D eigenvalue weighted by atomic mass is 16.5. The number of nitrogens with one attached hydrogen (secondary N) is 1. The van der Waals surface area contributed by atoms with Crippen molar-refractivity contribution in [2.75, 3.05) is 6.54 Å². The normalized spacial score (nSPS) is 12.1. The van der Waals surface area contributed by atoms with Gasteiger partial charge in [0.05, 0.1) is 0 Å². The highest BCUT2D eigenvalue weighted by Gasteiger charge is 2.07. The van der Waals surface area contributed by atoms with E-state index in [9.17, 15) is 0 Å². The van der Waals surface area contributed by atoms with Gasteiger partial charge in [-0.15, -0.1) is 0 Å². The van der Waals surface area contributed by atoms with Gasteiger partial charge < -0.3 is 10.1 Å². The first kappa shape index (κ1) is 15.5. The molecule has 112 valence electrons. The SMILES string of the molecule is CCCNC(C)c1ccc(Oc2ccccc2CC)nc1. The van der Waals surface area contributed by atoms with Crippen LogP contribution in [0.3, 0.4) is 0 Å². The van der Waals surface area contributed by atoms with E-state index in [1.165, 1.54) is 11.1 Å². The van der Waals surface area contributed by atoms with Crippen molar-refractivity contribution in [3.05, 3.63) is 53.7 Å². The molecule has 1 unspecified atom stereocenters. The Balaban J connectivity index is 2.05. The number of hydrogen-bond acceptors (Lipinski definition) is 3. The molecule has 21 heavy (non-hydrogen) atoms. The first-order valence-corrected chi connectivity index (χ1v) is 7.69. The van der Waals surface area contributed by atoms with Crippen molar-refractivity contribution < 1.29 is 4.74 Å². The van der Waals surface area contributed by atoms with Crippen LogP contribution in [0.4, 0.5) is 0 Å². The van der Waals surface area contributed by atoms with Crippen LogP contribution in [-0.2, 0) is 6.42 Å². The quantitative estimate of drug-likeness (QED) is 0.813. The van der Waals surface area contributed by atoms with Crippen LogP contribution in [0.15, 0.2) is 42.6 Å². The fraction of sp³-hybridized carbons (Fsp3) is 0.389. The van der Waals surface area contributed by atoms with Crippen molar-refractivity contribution in [1.29, 1.82) is 0 Å². The van der Waals surface area contributed by atoms with E-state index >= 15 is 0 Å². The summed E-state index contributed by atoms with van der Waals surface area (Å²) in [5.41, 5.74) is 2.38. The van der Waals surface area contributed by atoms with Crippen LogP contribution in [0.25, 0.3) is 0 Å². The van der Waals surface area contributed by atoms with Gasteiger partial charge in [-0.05, 0) is 43.5 Å². The zero-order valence-corrected chi connectivity index (χ0v) is 13.1. The van der Waals surface area contributed by atoms with Gasteiger partial charge in [-0.25, -0.2) is 4.98 Å². The number of ether oxygens (including phenoxy) is 1. The molecule has 0 bridgehead atoms. The van der Waals surface area contributed by atoms with Gasteiger partial charge in [-0.1, -0.05) is 38.1 Å². The minimum absolute atomic E-state index is 0.314. The van der Waals surface area contributed by atoms with Crippen LogP contribution in [-0.4, -0.2) is 11.5 Å². The Morgan fingerprint density at radius 3 is 2.62 bits per heavy atom. The third-order valence-electron chi connectivity index (χ3n) is 3.53. The number of rotatable bonds is 7. The second-order valence-corrected chi connectivity index (χ2v) is 5.17. The van der Waals surface area contributed by atoms with Crippen LogP contribution < -0.4 is 10.1 Å². The van der Waals surface area contributed by atoms with Crippen LogP contribution in [0.2, 0.25) is 0 Å². The fourth-order valence-corrected chi connectivity index (χ4v) is 2.20. The van der Waals surface area contributed by atoms with E-state index in [1.54, 1.807) is 0 Å². The molecule has 0 saturated carbocycles. The average Bonchev–Trinajstić information content (AvgIpc) is 2.54. The molecule has 0 spiro atoms. The molecule has 1 N–H and O–H groups in total. The molecule has 1 aromatic carbocycles. The third-order valence-corrected chi connectivity index (χ3v) is 3.53. The molecule has 0 amide bonds. The first-order chi connectivity index (χ1) is 10.2. The van der Waals surface area contributed by atoms with Gasteiger partial charge >= 0.3 is 0 Å². The largest absolute Gasteiger partial charge is 0.439 e. The number of hydrogen-bond donors (Lipinski definition) is 1. The second-order valence-electron chi connectivity index (χ2n) is 5.17. The minimum Gasteiger partial charge on any atom is -0.439 e. The summed E-state index contributed by atoms with van der Waals surface area (Å²) >= 11 is 0. The van der Waals surface area contributed by atoms with E-state index in [-0.39, 0.29) is 0 Å². The van der Waals surface area contributed by atoms with Crippen molar-refractivity contribution >= 4 is 0 Å². The highest BCUT2D eigenvalue weighted by molar-refractivity contribution is 5.36. The summed E-state index contributed by atoms with van der Waals surface area (Å²) in [6, 6.07) is 12.4. The Bertz CT molecular complexity index is 551. The predicted molar refractivity (Wildman–Crippen MR) is 86.8 cm³/mol. The van der Waals surface area contributed by atoms with E-state index in [4.69, 9.17) is 4.74 Å². The molecule has 3 heteroatoms. The summed E-state index contributed by atoms with van der Waals surface area (Å²) in [6.45, 7) is 7.46. The summed E-state index contributed by atoms with van der Waals surface area (Å²) in [6.07, 6.45) is 3.97. The zero-order chi connectivity index (χ0) is 15.1. The summed E-state index contributed by atoms with van der Waals surface area (Å²) in [5.74, 6) is 1.53. The molecule has 0 saturated heterocycles. The van der Waals surface area contributed by atoms with Crippen molar-refractivity contribution in [1.82, 2.24) is 10.3 Å². The van der Waals surface area contributed by atoms with Gasteiger partial charge in [-0.3, -0.25) is 0 Å². The molecule has 0 aliphatic rings. The van der Waals surface area contributed by atoms with Crippen LogP contribution in [0.1, 0.15) is 44.4 Å². The topological polar surface area (TPSA) is 34.1 Å². The number of aryl methyl sites for hydroxylation is 1. The second kappa shape index (κ2) is 7.79. The third kappa shape index (κ3) is 4.30. The smallest absolute Gasteiger partial charge is 0.219 e. The maximum absolute atomic E-state index is 5.88. The van der Waals surface area contributed by atoms with Gasteiger partial charge in [0.25, 0.3) is 0 Å². The molecule has 0 radical (unpaired) electrons. The van der Waals surface area contributed by atoms with Gasteiger partial charge in [0.1, 0.15) is 5.75 Å². The lowest BCUT2D eigenvalue weighted by molar-refractivity contribution is 0.456. The summed E-state index contributed by atoms with van der Waals surface area (Å²) < 4.78 is 5.88. The Morgan fingerprint density at radius 2 is 1.95 bits per heavy atom. The summed E-state index contributed by atoms with van der Waals surface area (Å²) in [5, 5.41) is 3.46.